The summed E-state index contributed by atoms with van der Waals surface area (Å²) in [4.78, 5) is 10.1. The highest BCUT2D eigenvalue weighted by Crippen LogP contribution is 2.29. The number of rotatable bonds is 2. The number of carbonyl (C=O) groups is 1. The van der Waals surface area contributed by atoms with Crippen LogP contribution in [0.1, 0.15) is 11.1 Å². The van der Waals surface area contributed by atoms with Crippen molar-refractivity contribution in [2.24, 2.45) is 0 Å². The molecule has 5 heteroatoms. The van der Waals surface area contributed by atoms with Crippen LogP contribution in [0.25, 0.3) is 6.08 Å². The van der Waals surface area contributed by atoms with Crippen molar-refractivity contribution in [2.45, 2.75) is 6.18 Å². The summed E-state index contributed by atoms with van der Waals surface area (Å²) in [7, 11) is 0. The molecule has 0 aliphatic rings. The molecule has 0 bridgehead atoms. The lowest BCUT2D eigenvalue weighted by molar-refractivity contribution is -0.137. The van der Waals surface area contributed by atoms with Crippen LogP contribution >= 0.6 is 0 Å². The first-order valence-electron chi connectivity index (χ1n) is 3.98. The molecule has 1 N–H and O–H groups in total. The second kappa shape index (κ2) is 4.16. The second-order valence-electron chi connectivity index (χ2n) is 2.79. The van der Waals surface area contributed by atoms with E-state index in [1.54, 1.807) is 0 Å². The van der Waals surface area contributed by atoms with Crippen molar-refractivity contribution in [1.82, 2.24) is 0 Å². The van der Waals surface area contributed by atoms with Crippen LogP contribution in [0.4, 0.5) is 13.2 Å². The van der Waals surface area contributed by atoms with Crippen LogP contribution in [0.5, 0.6) is 0 Å². The highest BCUT2D eigenvalue weighted by molar-refractivity contribution is 5.85. The third kappa shape index (κ3) is 3.46. The molecule has 0 aromatic heterocycles. The van der Waals surface area contributed by atoms with Gasteiger partial charge in [0.1, 0.15) is 0 Å². The topological polar surface area (TPSA) is 37.3 Å². The van der Waals surface area contributed by atoms with Crippen molar-refractivity contribution in [3.63, 3.8) is 0 Å². The summed E-state index contributed by atoms with van der Waals surface area (Å²) in [5.41, 5.74) is -0.595. The van der Waals surface area contributed by atoms with Gasteiger partial charge >= 0.3 is 12.1 Å². The van der Waals surface area contributed by atoms with E-state index in [4.69, 9.17) is 5.11 Å². The van der Waals surface area contributed by atoms with Gasteiger partial charge in [0.2, 0.25) is 0 Å². The van der Waals surface area contributed by atoms with Gasteiger partial charge in [-0.2, -0.15) is 13.2 Å². The molecule has 0 aliphatic heterocycles. The Morgan fingerprint density at radius 1 is 1.33 bits per heavy atom. The first kappa shape index (κ1) is 11.3. The first-order chi connectivity index (χ1) is 6.89. The third-order valence-electron chi connectivity index (χ3n) is 1.63. The zero-order chi connectivity index (χ0) is 11.5. The minimum Gasteiger partial charge on any atom is -0.478 e. The molecule has 0 heterocycles. The van der Waals surface area contributed by atoms with Gasteiger partial charge in [0.25, 0.3) is 0 Å². The van der Waals surface area contributed by atoms with Crippen molar-refractivity contribution < 1.29 is 23.1 Å². The van der Waals surface area contributed by atoms with E-state index in [9.17, 15) is 18.0 Å². The molecule has 0 spiro atoms. The molecule has 0 aliphatic carbocycles. The van der Waals surface area contributed by atoms with Gasteiger partial charge < -0.3 is 5.11 Å². The number of carboxylic acid groups (broad SMARTS) is 1. The largest absolute Gasteiger partial charge is 0.478 e. The van der Waals surface area contributed by atoms with Crippen molar-refractivity contribution in [2.75, 3.05) is 0 Å². The van der Waals surface area contributed by atoms with Gasteiger partial charge in [0, 0.05) is 6.08 Å². The van der Waals surface area contributed by atoms with E-state index in [0.717, 1.165) is 24.3 Å². The quantitative estimate of drug-likeness (QED) is 0.772. The van der Waals surface area contributed by atoms with Crippen LogP contribution in [-0.2, 0) is 11.0 Å². The fraction of sp³-hybridized carbons (Fsp3) is 0.100. The van der Waals surface area contributed by atoms with Crippen molar-refractivity contribution >= 4 is 12.0 Å². The molecule has 0 unspecified atom stereocenters. The third-order valence-corrected chi connectivity index (χ3v) is 1.63. The molecule has 1 aromatic carbocycles. The average molecular weight is 216 g/mol. The molecule has 80 valence electrons. The summed E-state index contributed by atoms with van der Waals surface area (Å²) in [6.45, 7) is 0. The monoisotopic (exact) mass is 216 g/mol. The van der Waals surface area contributed by atoms with Gasteiger partial charge in [-0.05, 0) is 23.8 Å². The predicted octanol–water partition coefficient (Wildman–Crippen LogP) is 2.80. The lowest BCUT2D eigenvalue weighted by atomic mass is 10.1. The molecule has 0 amide bonds. The van der Waals surface area contributed by atoms with Gasteiger partial charge in [-0.25, -0.2) is 4.79 Å². The van der Waals surface area contributed by atoms with Gasteiger partial charge in [-0.15, -0.1) is 0 Å². The van der Waals surface area contributed by atoms with Crippen LogP contribution in [0.15, 0.2) is 30.3 Å². The summed E-state index contributed by atoms with van der Waals surface area (Å²) < 4.78 is 36.7. The van der Waals surface area contributed by atoms with Crippen LogP contribution in [0.3, 0.4) is 0 Å². The molecule has 1 rings (SSSR count). The van der Waals surface area contributed by atoms with Crippen molar-refractivity contribution in [3.8, 4) is 0 Å². The number of aliphatic carboxylic acids is 1. The number of hydrogen-bond acceptors (Lipinski definition) is 1. The summed E-state index contributed by atoms with van der Waals surface area (Å²) >= 11 is 0. The van der Waals surface area contributed by atoms with E-state index >= 15 is 0 Å². The standard InChI is InChI=1S/C10H7F3O2/c11-10(12,13)8-3-1-2-7(6-8)4-5-9(14)15/h1-6H,(H,14,15)/b5-4-. The molecule has 1 aromatic rings. The van der Waals surface area contributed by atoms with Crippen LogP contribution < -0.4 is 0 Å². The number of halogens is 3. The summed E-state index contributed by atoms with van der Waals surface area (Å²) in [5.74, 6) is -1.20. The van der Waals surface area contributed by atoms with E-state index in [2.05, 4.69) is 0 Å². The van der Waals surface area contributed by atoms with E-state index in [-0.39, 0.29) is 5.56 Å². The minimum atomic E-state index is -4.41. The van der Waals surface area contributed by atoms with E-state index in [1.807, 2.05) is 0 Å². The Morgan fingerprint density at radius 3 is 2.53 bits per heavy atom. The highest BCUT2D eigenvalue weighted by Gasteiger charge is 2.30. The summed E-state index contributed by atoms with van der Waals surface area (Å²) in [5, 5.41) is 8.29. The van der Waals surface area contributed by atoms with Gasteiger partial charge in [-0.3, -0.25) is 0 Å². The molecule has 0 saturated heterocycles. The molecular weight excluding hydrogens is 209 g/mol. The van der Waals surface area contributed by atoms with E-state index in [1.165, 1.54) is 12.1 Å². The normalized spacial score (nSPS) is 11.9. The maximum absolute atomic E-state index is 12.2. The zero-order valence-electron chi connectivity index (χ0n) is 7.45. The maximum atomic E-state index is 12.2. The Bertz CT molecular complexity index is 394. The van der Waals surface area contributed by atoms with Crippen LogP contribution in [0, 0.1) is 0 Å². The fourth-order valence-electron chi connectivity index (χ4n) is 0.986. The molecule has 0 radical (unpaired) electrons. The highest BCUT2D eigenvalue weighted by atomic mass is 19.4. The van der Waals surface area contributed by atoms with Crippen molar-refractivity contribution in [3.05, 3.63) is 41.5 Å². The Labute approximate surface area is 83.7 Å². The fourth-order valence-corrected chi connectivity index (χ4v) is 0.986. The first-order valence-corrected chi connectivity index (χ1v) is 3.98. The number of hydrogen-bond donors (Lipinski definition) is 1. The lowest BCUT2D eigenvalue weighted by Crippen LogP contribution is -2.04. The van der Waals surface area contributed by atoms with Crippen molar-refractivity contribution in [1.29, 1.82) is 0 Å². The smallest absolute Gasteiger partial charge is 0.416 e. The molecule has 15 heavy (non-hydrogen) atoms. The average Bonchev–Trinajstić information content (AvgIpc) is 2.14. The Balaban J connectivity index is 2.98. The molecule has 0 saturated carbocycles. The Hall–Kier alpha value is -1.78. The lowest BCUT2D eigenvalue weighted by Gasteiger charge is -2.06. The van der Waals surface area contributed by atoms with Crippen LogP contribution in [-0.4, -0.2) is 11.1 Å². The molecular formula is C10H7F3O2. The van der Waals surface area contributed by atoms with E-state index in [0.29, 0.717) is 0 Å². The minimum absolute atomic E-state index is 0.201. The van der Waals surface area contributed by atoms with Gasteiger partial charge in [0.15, 0.2) is 0 Å². The molecule has 0 atom stereocenters. The predicted molar refractivity (Wildman–Crippen MR) is 48.1 cm³/mol. The molecule has 0 fully saturated rings. The number of carboxylic acids is 1. The van der Waals surface area contributed by atoms with Gasteiger partial charge in [0.05, 0.1) is 5.56 Å². The Morgan fingerprint density at radius 2 is 2.00 bits per heavy atom. The maximum Gasteiger partial charge on any atom is 0.416 e. The molecule has 2 nitrogen and oxygen atoms in total. The Kier molecular flexibility index (Phi) is 3.14. The van der Waals surface area contributed by atoms with Crippen LogP contribution in [0.2, 0.25) is 0 Å². The second-order valence-corrected chi connectivity index (χ2v) is 2.79. The number of alkyl halides is 3. The zero-order valence-corrected chi connectivity index (χ0v) is 7.45. The summed E-state index contributed by atoms with van der Waals surface area (Å²) in [6.07, 6.45) is -2.51. The SMILES string of the molecule is O=C(O)/C=C\c1cccc(C(F)(F)F)c1. The summed E-state index contributed by atoms with van der Waals surface area (Å²) in [6, 6.07) is 4.44. The van der Waals surface area contributed by atoms with E-state index < -0.39 is 17.7 Å². The van der Waals surface area contributed by atoms with Gasteiger partial charge in [-0.1, -0.05) is 12.1 Å². The number of benzene rings is 1.